The zero-order chi connectivity index (χ0) is 17.3. The summed E-state index contributed by atoms with van der Waals surface area (Å²) >= 11 is 12.1. The number of carbonyl (C=O) groups excluding carboxylic acids is 2. The van der Waals surface area contributed by atoms with Crippen LogP contribution in [0.5, 0.6) is 0 Å². The van der Waals surface area contributed by atoms with Crippen molar-refractivity contribution in [1.82, 2.24) is 14.9 Å². The largest absolute Gasteiger partial charge is 0.340 e. The molecule has 0 aliphatic carbocycles. The number of nitrogens with zero attached hydrogens (tertiary/aromatic N) is 3. The first kappa shape index (κ1) is 16.8. The molecule has 24 heavy (non-hydrogen) atoms. The van der Waals surface area contributed by atoms with E-state index in [1.54, 1.807) is 40.9 Å². The molecule has 0 saturated carbocycles. The van der Waals surface area contributed by atoms with E-state index < -0.39 is 6.04 Å². The standard InChI is InChI=1S/C16H16Cl2N4O2/c1-21-8-13(19-9-21)15(23)20-12-3-2-6-22(16(12)24)14-5-4-10(17)7-11(14)18/h4-5,7-9,12H,2-3,6H2,1H3,(H,20,23). The molecule has 1 atom stereocenters. The maximum Gasteiger partial charge on any atom is 0.272 e. The topological polar surface area (TPSA) is 67.2 Å². The van der Waals surface area contributed by atoms with Gasteiger partial charge >= 0.3 is 0 Å². The van der Waals surface area contributed by atoms with Crippen LogP contribution in [0.2, 0.25) is 10.0 Å². The highest BCUT2D eigenvalue weighted by Gasteiger charge is 2.32. The minimum Gasteiger partial charge on any atom is -0.340 e. The molecule has 2 heterocycles. The molecule has 1 aliphatic rings. The van der Waals surface area contributed by atoms with E-state index in [9.17, 15) is 9.59 Å². The molecule has 8 heteroatoms. The van der Waals surface area contributed by atoms with Crippen molar-refractivity contribution in [2.24, 2.45) is 7.05 Å². The van der Waals surface area contributed by atoms with E-state index in [-0.39, 0.29) is 17.5 Å². The van der Waals surface area contributed by atoms with Crippen LogP contribution < -0.4 is 10.2 Å². The summed E-state index contributed by atoms with van der Waals surface area (Å²) in [7, 11) is 1.78. The van der Waals surface area contributed by atoms with Gasteiger partial charge in [-0.2, -0.15) is 0 Å². The van der Waals surface area contributed by atoms with Gasteiger partial charge in [-0.25, -0.2) is 4.98 Å². The summed E-state index contributed by atoms with van der Waals surface area (Å²) in [5.41, 5.74) is 0.884. The van der Waals surface area contributed by atoms with Gasteiger partial charge < -0.3 is 14.8 Å². The SMILES string of the molecule is Cn1cnc(C(=O)NC2CCCN(c3ccc(Cl)cc3Cl)C2=O)c1. The van der Waals surface area contributed by atoms with Gasteiger partial charge in [0.1, 0.15) is 11.7 Å². The Balaban J connectivity index is 1.76. The number of benzene rings is 1. The lowest BCUT2D eigenvalue weighted by molar-refractivity contribution is -0.121. The molecule has 1 aromatic heterocycles. The van der Waals surface area contributed by atoms with Crippen molar-refractivity contribution in [2.75, 3.05) is 11.4 Å². The molecule has 1 unspecified atom stereocenters. The average Bonchev–Trinajstić information content (AvgIpc) is 2.97. The molecular formula is C16H16Cl2N4O2. The van der Waals surface area contributed by atoms with Gasteiger partial charge in [0.05, 0.1) is 17.0 Å². The van der Waals surface area contributed by atoms with Crippen LogP contribution in [0.1, 0.15) is 23.3 Å². The van der Waals surface area contributed by atoms with E-state index >= 15 is 0 Å². The van der Waals surface area contributed by atoms with Gasteiger partial charge in [0.2, 0.25) is 5.91 Å². The second-order valence-corrected chi connectivity index (χ2v) is 6.52. The predicted octanol–water partition coefficient (Wildman–Crippen LogP) is 2.65. The fourth-order valence-corrected chi connectivity index (χ4v) is 3.22. The van der Waals surface area contributed by atoms with Crippen LogP contribution in [0.25, 0.3) is 0 Å². The summed E-state index contributed by atoms with van der Waals surface area (Å²) in [6, 6.07) is 4.40. The summed E-state index contributed by atoms with van der Waals surface area (Å²) < 4.78 is 1.68. The molecule has 1 fully saturated rings. The van der Waals surface area contributed by atoms with Gasteiger partial charge in [0, 0.05) is 24.8 Å². The van der Waals surface area contributed by atoms with Crippen molar-refractivity contribution in [1.29, 1.82) is 0 Å². The summed E-state index contributed by atoms with van der Waals surface area (Å²) in [6.45, 7) is 0.552. The second-order valence-electron chi connectivity index (χ2n) is 5.68. The number of aromatic nitrogens is 2. The number of halogens is 2. The lowest BCUT2D eigenvalue weighted by Gasteiger charge is -2.33. The molecule has 2 amide bonds. The number of aryl methyl sites for hydroxylation is 1. The Morgan fingerprint density at radius 3 is 2.83 bits per heavy atom. The minimum absolute atomic E-state index is 0.185. The molecule has 126 valence electrons. The van der Waals surface area contributed by atoms with Crippen LogP contribution in [0.3, 0.4) is 0 Å². The molecule has 6 nitrogen and oxygen atoms in total. The third kappa shape index (κ3) is 3.39. The molecule has 3 rings (SSSR count). The third-order valence-corrected chi connectivity index (χ3v) is 4.42. The van der Waals surface area contributed by atoms with Crippen LogP contribution >= 0.6 is 23.2 Å². The average molecular weight is 367 g/mol. The Morgan fingerprint density at radius 1 is 1.38 bits per heavy atom. The van der Waals surface area contributed by atoms with E-state index in [1.807, 2.05) is 0 Å². The van der Waals surface area contributed by atoms with Crippen LogP contribution in [-0.4, -0.2) is 34.0 Å². The summed E-state index contributed by atoms with van der Waals surface area (Å²) in [5.74, 6) is -0.548. The minimum atomic E-state index is -0.597. The van der Waals surface area contributed by atoms with Crippen molar-refractivity contribution in [3.8, 4) is 0 Å². The van der Waals surface area contributed by atoms with E-state index in [0.29, 0.717) is 28.7 Å². The van der Waals surface area contributed by atoms with Gasteiger partial charge in [-0.1, -0.05) is 23.2 Å². The first-order chi connectivity index (χ1) is 11.5. The predicted molar refractivity (Wildman–Crippen MR) is 92.5 cm³/mol. The summed E-state index contributed by atoms with van der Waals surface area (Å²) in [6.07, 6.45) is 4.49. The van der Waals surface area contributed by atoms with Crippen LogP contribution in [-0.2, 0) is 11.8 Å². The number of hydrogen-bond acceptors (Lipinski definition) is 3. The smallest absolute Gasteiger partial charge is 0.272 e. The third-order valence-electron chi connectivity index (χ3n) is 3.88. The summed E-state index contributed by atoms with van der Waals surface area (Å²) in [5, 5.41) is 3.67. The van der Waals surface area contributed by atoms with E-state index in [2.05, 4.69) is 10.3 Å². The maximum absolute atomic E-state index is 12.7. The lowest BCUT2D eigenvalue weighted by atomic mass is 10.0. The lowest BCUT2D eigenvalue weighted by Crippen LogP contribution is -2.52. The van der Waals surface area contributed by atoms with Gasteiger partial charge in [-0.15, -0.1) is 0 Å². The van der Waals surface area contributed by atoms with E-state index in [1.165, 1.54) is 6.33 Å². The fourth-order valence-electron chi connectivity index (χ4n) is 2.71. The van der Waals surface area contributed by atoms with Crippen molar-refractivity contribution in [3.63, 3.8) is 0 Å². The molecule has 2 aromatic rings. The van der Waals surface area contributed by atoms with Crippen molar-refractivity contribution in [3.05, 3.63) is 46.5 Å². The second kappa shape index (κ2) is 6.83. The number of amides is 2. The first-order valence-corrected chi connectivity index (χ1v) is 8.26. The Bertz CT molecular complexity index is 790. The normalized spacial score (nSPS) is 17.9. The zero-order valence-electron chi connectivity index (χ0n) is 13.0. The van der Waals surface area contributed by atoms with Crippen LogP contribution in [0, 0.1) is 0 Å². The number of anilines is 1. The molecule has 0 spiro atoms. The molecule has 0 bridgehead atoms. The number of imidazole rings is 1. The fraction of sp³-hybridized carbons (Fsp3) is 0.312. The zero-order valence-corrected chi connectivity index (χ0v) is 14.5. The number of rotatable bonds is 3. The van der Waals surface area contributed by atoms with Gasteiger partial charge in [0.25, 0.3) is 5.91 Å². The maximum atomic E-state index is 12.7. The highest BCUT2D eigenvalue weighted by Crippen LogP contribution is 2.31. The number of hydrogen-bond donors (Lipinski definition) is 1. The van der Waals surface area contributed by atoms with Crippen molar-refractivity contribution in [2.45, 2.75) is 18.9 Å². The monoisotopic (exact) mass is 366 g/mol. The Labute approximate surface area is 149 Å². The van der Waals surface area contributed by atoms with Crippen LogP contribution in [0.4, 0.5) is 5.69 Å². The van der Waals surface area contributed by atoms with E-state index in [0.717, 1.165) is 6.42 Å². The summed E-state index contributed by atoms with van der Waals surface area (Å²) in [4.78, 5) is 30.5. The molecular weight excluding hydrogens is 351 g/mol. The number of carbonyl (C=O) groups is 2. The molecule has 1 saturated heterocycles. The Kier molecular flexibility index (Phi) is 4.78. The first-order valence-electron chi connectivity index (χ1n) is 7.51. The Morgan fingerprint density at radius 2 is 2.17 bits per heavy atom. The van der Waals surface area contributed by atoms with Crippen molar-refractivity contribution < 1.29 is 9.59 Å². The molecule has 1 N–H and O–H groups in total. The molecule has 1 aliphatic heterocycles. The number of piperidine rings is 1. The molecule has 0 radical (unpaired) electrons. The highest BCUT2D eigenvalue weighted by atomic mass is 35.5. The Hall–Kier alpha value is -2.05. The number of nitrogens with one attached hydrogen (secondary N) is 1. The van der Waals surface area contributed by atoms with Gasteiger partial charge in [0.15, 0.2) is 0 Å². The van der Waals surface area contributed by atoms with Crippen LogP contribution in [0.15, 0.2) is 30.7 Å². The quantitative estimate of drug-likeness (QED) is 0.907. The van der Waals surface area contributed by atoms with Gasteiger partial charge in [-0.05, 0) is 31.0 Å². The van der Waals surface area contributed by atoms with Gasteiger partial charge in [-0.3, -0.25) is 9.59 Å². The highest BCUT2D eigenvalue weighted by molar-refractivity contribution is 6.36. The van der Waals surface area contributed by atoms with E-state index in [4.69, 9.17) is 23.2 Å². The molecule has 1 aromatic carbocycles. The van der Waals surface area contributed by atoms with Crippen molar-refractivity contribution >= 4 is 40.7 Å².